The van der Waals surface area contributed by atoms with Gasteiger partial charge in [0.05, 0.1) is 28.8 Å². The van der Waals surface area contributed by atoms with Crippen molar-refractivity contribution in [3.05, 3.63) is 169 Å². The Bertz CT molecular complexity index is 3510. The van der Waals surface area contributed by atoms with Crippen molar-refractivity contribution in [2.24, 2.45) is 0 Å². The molecule has 0 aliphatic heterocycles. The Kier molecular flexibility index (Phi) is 2.82. The summed E-state index contributed by atoms with van der Waals surface area (Å²) in [7, 11) is 0. The highest BCUT2D eigenvalue weighted by Crippen LogP contribution is 2.47. The van der Waals surface area contributed by atoms with E-state index >= 15 is 0 Å². The van der Waals surface area contributed by atoms with Crippen LogP contribution in [0, 0.1) is 0 Å². The summed E-state index contributed by atoms with van der Waals surface area (Å²) < 4.78 is 189. The van der Waals surface area contributed by atoms with E-state index in [9.17, 15) is 1.37 Å². The molecule has 0 saturated carbocycles. The highest BCUT2D eigenvalue weighted by Gasteiger charge is 2.20. The van der Waals surface area contributed by atoms with Crippen molar-refractivity contribution >= 4 is 43.5 Å². The van der Waals surface area contributed by atoms with E-state index in [0.29, 0.717) is 0 Å². The second kappa shape index (κ2) is 10.4. The van der Waals surface area contributed by atoms with Gasteiger partial charge in [0.2, 0.25) is 0 Å². The lowest BCUT2D eigenvalue weighted by Gasteiger charge is -2.19. The quantitative estimate of drug-likeness (QED) is 0.185. The molecule has 0 N–H and O–H groups in total. The molecule has 0 spiro atoms. The maximum Gasteiger partial charge on any atom is 0.136 e. The largest absolute Gasteiger partial charge is 0.456 e. The molecule has 0 bridgehead atoms. The summed E-state index contributed by atoms with van der Waals surface area (Å²) in [6.07, 6.45) is 0. The van der Waals surface area contributed by atoms with Gasteiger partial charge in [0, 0.05) is 10.8 Å². The molecule has 0 unspecified atom stereocenters. The fourth-order valence-corrected chi connectivity index (χ4v) is 5.86. The summed E-state index contributed by atoms with van der Waals surface area (Å²) in [5.41, 5.74) is -1.49. The van der Waals surface area contributed by atoms with Crippen LogP contribution in [-0.4, -0.2) is 0 Å². The summed E-state index contributed by atoms with van der Waals surface area (Å²) in [6, 6.07) is -3.13. The minimum atomic E-state index is -0.690. The van der Waals surface area contributed by atoms with Crippen molar-refractivity contribution in [1.82, 2.24) is 0 Å². The highest BCUT2D eigenvalue weighted by molar-refractivity contribution is 6.25. The van der Waals surface area contributed by atoms with E-state index in [2.05, 4.69) is 0 Å². The van der Waals surface area contributed by atoms with E-state index in [0.717, 1.165) is 0 Å². The Labute approximate surface area is 291 Å². The zero-order valence-corrected chi connectivity index (χ0v) is 22.9. The van der Waals surface area contributed by atoms with Crippen LogP contribution < -0.4 is 0 Å². The molecule has 0 aliphatic carbocycles. The Balaban J connectivity index is 1.54. The van der Waals surface area contributed by atoms with Crippen LogP contribution in [-0.2, 0) is 0 Å². The molecule has 0 aliphatic rings. The van der Waals surface area contributed by atoms with E-state index in [-0.39, 0.29) is 112 Å². The van der Waals surface area contributed by atoms with Crippen LogP contribution in [0.1, 0.15) is 28.8 Å². The number of benzene rings is 8. The average molecular weight is 594 g/mol. The van der Waals surface area contributed by atoms with Gasteiger partial charge < -0.3 is 4.42 Å². The molecule has 0 atom stereocenters. The number of hydrogen-bond donors (Lipinski definition) is 0. The minimum absolute atomic E-state index is 0.00280. The molecule has 1 aromatic heterocycles. The Morgan fingerprint density at radius 3 is 1.44 bits per heavy atom. The Hall–Kier alpha value is -5.92. The fraction of sp³-hybridized carbons (Fsp3) is 0. The molecule has 45 heavy (non-hydrogen) atoms. The molecule has 1 nitrogen and oxygen atoms in total. The molecule has 8 aromatic carbocycles. The SMILES string of the molecule is [2H]c1cc2c(-c3cc(-c4c([2H])c([2H])c([2H])c([2H])c4[2H])cc(-c4c([2H])c([2H])c([2H])c([2H])c4[2H])c3)c3cc([2H])c([2H])cc3c(-c3c([2H])c([2H])c([2H])c4oc5c([2H])c([2H])c([2H])c([2H])c5c34)c2cc1[2H]. The third kappa shape index (κ3) is 4.17. The Morgan fingerprint density at radius 2 is 0.844 bits per heavy atom. The van der Waals surface area contributed by atoms with Gasteiger partial charge in [0.1, 0.15) is 11.2 Å². The maximum absolute atomic E-state index is 9.41. The zero-order valence-electron chi connectivity index (χ0n) is 43.9. The first-order chi connectivity index (χ1) is 31.0. The predicted molar refractivity (Wildman–Crippen MR) is 190 cm³/mol. The summed E-state index contributed by atoms with van der Waals surface area (Å²) >= 11 is 0. The molecule has 210 valence electrons. The van der Waals surface area contributed by atoms with Crippen molar-refractivity contribution in [2.45, 2.75) is 0 Å². The van der Waals surface area contributed by atoms with E-state index < -0.39 is 103 Å². The Morgan fingerprint density at radius 1 is 0.356 bits per heavy atom. The first kappa shape index (κ1) is 12.2. The van der Waals surface area contributed by atoms with Gasteiger partial charge in [0.25, 0.3) is 0 Å². The lowest BCUT2D eigenvalue weighted by molar-refractivity contribution is 0.669. The van der Waals surface area contributed by atoms with Crippen LogP contribution in [0.5, 0.6) is 0 Å². The summed E-state index contributed by atoms with van der Waals surface area (Å²) in [5, 5.41) is -0.0489. The first-order valence-electron chi connectivity index (χ1n) is 24.2. The minimum Gasteiger partial charge on any atom is -0.456 e. The number of para-hydroxylation sites is 1. The third-order valence-electron chi connectivity index (χ3n) is 7.69. The van der Waals surface area contributed by atoms with Crippen LogP contribution in [0.3, 0.4) is 0 Å². The second-order valence-corrected chi connectivity index (χ2v) is 10.1. The van der Waals surface area contributed by atoms with Crippen molar-refractivity contribution in [3.8, 4) is 44.5 Å². The standard InChI is InChI=1S/C44H28O/c1-3-14-29(15-4-1)31-26-32(30-16-5-2-6-17-30)28-33(27-31)42-34-18-7-9-20-36(34)43(37-21-10-8-19-35(37)42)39-23-13-25-41-44(39)38-22-11-12-24-40(38)45-41/h1-28H/i1D,2D,3D,4D,5D,6D,7D,8D,9D,10D,11D,12D,13D,14D,15D,16D,17D,22D,23D,24D,25D. The van der Waals surface area contributed by atoms with Gasteiger partial charge in [-0.1, -0.05) is 139 Å². The lowest BCUT2D eigenvalue weighted by atomic mass is 9.83. The third-order valence-corrected chi connectivity index (χ3v) is 7.69. The monoisotopic (exact) mass is 593 g/mol. The van der Waals surface area contributed by atoms with E-state index in [1.807, 2.05) is 0 Å². The van der Waals surface area contributed by atoms with Gasteiger partial charge in [0.15, 0.2) is 0 Å². The first-order valence-corrected chi connectivity index (χ1v) is 13.7. The number of furan rings is 1. The van der Waals surface area contributed by atoms with E-state index in [1.165, 1.54) is 42.5 Å². The molecule has 9 aromatic rings. The number of hydrogen-bond acceptors (Lipinski definition) is 1. The van der Waals surface area contributed by atoms with E-state index in [4.69, 9.17) is 31.8 Å². The van der Waals surface area contributed by atoms with Gasteiger partial charge in [-0.25, -0.2) is 0 Å². The molecular weight excluding hydrogens is 544 g/mol. The molecule has 0 amide bonds. The summed E-state index contributed by atoms with van der Waals surface area (Å²) in [6.45, 7) is 0. The topological polar surface area (TPSA) is 13.1 Å². The molecule has 1 heteroatoms. The average Bonchev–Trinajstić information content (AvgIpc) is 3.68. The number of fused-ring (bicyclic) bond motifs is 5. The smallest absolute Gasteiger partial charge is 0.136 e. The van der Waals surface area contributed by atoms with Gasteiger partial charge in [-0.2, -0.15) is 0 Å². The van der Waals surface area contributed by atoms with Crippen LogP contribution in [0.2, 0.25) is 0 Å². The van der Waals surface area contributed by atoms with Gasteiger partial charge in [-0.05, 0) is 96.3 Å². The van der Waals surface area contributed by atoms with Crippen LogP contribution in [0.4, 0.5) is 0 Å². The van der Waals surface area contributed by atoms with Crippen LogP contribution >= 0.6 is 0 Å². The van der Waals surface area contributed by atoms with Crippen LogP contribution in [0.15, 0.2) is 174 Å². The van der Waals surface area contributed by atoms with Crippen molar-refractivity contribution in [2.75, 3.05) is 0 Å². The molecule has 0 radical (unpaired) electrons. The van der Waals surface area contributed by atoms with Crippen molar-refractivity contribution in [3.63, 3.8) is 0 Å². The normalized spacial score (nSPS) is 18.1. The van der Waals surface area contributed by atoms with Gasteiger partial charge >= 0.3 is 0 Å². The highest BCUT2D eigenvalue weighted by atomic mass is 16.3. The molecule has 1 heterocycles. The zero-order chi connectivity index (χ0) is 48.0. The van der Waals surface area contributed by atoms with Gasteiger partial charge in [-0.15, -0.1) is 0 Å². The molecular formula is C44H28O. The summed E-state index contributed by atoms with van der Waals surface area (Å²) in [5.74, 6) is 0. The van der Waals surface area contributed by atoms with E-state index in [1.54, 1.807) is 0 Å². The van der Waals surface area contributed by atoms with Crippen LogP contribution in [0.25, 0.3) is 88.0 Å². The molecule has 0 fully saturated rings. The lowest BCUT2D eigenvalue weighted by Crippen LogP contribution is -1.92. The maximum atomic E-state index is 9.41. The van der Waals surface area contributed by atoms with Crippen molar-refractivity contribution < 1.29 is 33.2 Å². The fourth-order valence-electron chi connectivity index (χ4n) is 5.86. The second-order valence-electron chi connectivity index (χ2n) is 10.1. The predicted octanol–water partition coefficient (Wildman–Crippen LogP) is 12.6. The summed E-state index contributed by atoms with van der Waals surface area (Å²) in [4.78, 5) is 0. The van der Waals surface area contributed by atoms with Crippen molar-refractivity contribution in [1.29, 1.82) is 0 Å². The van der Waals surface area contributed by atoms with Gasteiger partial charge in [-0.3, -0.25) is 0 Å². The molecule has 9 rings (SSSR count). The molecule has 0 saturated heterocycles. The number of rotatable bonds is 4.